The van der Waals surface area contributed by atoms with Crippen LogP contribution in [0.25, 0.3) is 16.6 Å². The number of aliphatic carboxylic acids is 1. The minimum atomic E-state index is -1.21. The van der Waals surface area contributed by atoms with E-state index in [1.54, 1.807) is 0 Å². The van der Waals surface area contributed by atoms with Crippen LogP contribution in [-0.4, -0.2) is 69.5 Å². The molecule has 0 aliphatic carbocycles. The highest BCUT2D eigenvalue weighted by molar-refractivity contribution is 5.86. The largest absolute Gasteiger partial charge is 0.486 e. The molecule has 0 atom stereocenters. The summed E-state index contributed by atoms with van der Waals surface area (Å²) >= 11 is 0. The monoisotopic (exact) mass is 548 g/mol. The van der Waals surface area contributed by atoms with Crippen LogP contribution in [0.1, 0.15) is 23.1 Å². The minimum Gasteiger partial charge on any atom is -0.486 e. The molecule has 1 aliphatic heterocycles. The Morgan fingerprint density at radius 1 is 0.825 bits per heavy atom. The van der Waals surface area contributed by atoms with E-state index in [0.29, 0.717) is 19.6 Å². The Kier molecular flexibility index (Phi) is 9.79. The van der Waals surface area contributed by atoms with E-state index in [-0.39, 0.29) is 6.42 Å². The normalized spacial score (nSPS) is 12.6. The number of carbonyl (C=O) groups is 1. The van der Waals surface area contributed by atoms with E-state index in [0.717, 1.165) is 41.1 Å². The van der Waals surface area contributed by atoms with E-state index >= 15 is 0 Å². The third-order valence-corrected chi connectivity index (χ3v) is 6.85. The summed E-state index contributed by atoms with van der Waals surface area (Å²) in [6.45, 7) is -0.0836. The van der Waals surface area contributed by atoms with Crippen molar-refractivity contribution in [2.75, 3.05) is 33.0 Å². The quantitative estimate of drug-likeness (QED) is 0.203. The summed E-state index contributed by atoms with van der Waals surface area (Å²) in [4.78, 5) is 11.0. The molecule has 9 heteroatoms. The van der Waals surface area contributed by atoms with Crippen LogP contribution in [0.2, 0.25) is 0 Å². The van der Waals surface area contributed by atoms with Gasteiger partial charge in [0.05, 0.1) is 30.9 Å². The van der Waals surface area contributed by atoms with Gasteiger partial charge in [-0.1, -0.05) is 36.4 Å². The van der Waals surface area contributed by atoms with Crippen molar-refractivity contribution in [3.63, 3.8) is 0 Å². The van der Waals surface area contributed by atoms with Gasteiger partial charge in [0.15, 0.2) is 11.5 Å². The van der Waals surface area contributed by atoms with Crippen molar-refractivity contribution in [3.8, 4) is 17.2 Å². The number of carboxylic acid groups (broad SMARTS) is 1. The summed E-state index contributed by atoms with van der Waals surface area (Å²) in [5, 5.41) is 35.3. The van der Waals surface area contributed by atoms with Crippen molar-refractivity contribution in [1.29, 1.82) is 0 Å². The van der Waals surface area contributed by atoms with Crippen LogP contribution >= 0.6 is 0 Å². The highest BCUT2D eigenvalue weighted by Gasteiger charge is 2.21. The van der Waals surface area contributed by atoms with Crippen molar-refractivity contribution in [2.24, 2.45) is 5.73 Å². The Labute approximate surface area is 233 Å². The molecular weight excluding hydrogens is 512 g/mol. The number of benzene rings is 3. The fraction of sp³-hybridized carbons (Fsp3) is 0.323. The Morgan fingerprint density at radius 3 is 2.17 bits per heavy atom. The second-order valence-corrected chi connectivity index (χ2v) is 9.92. The third kappa shape index (κ3) is 7.19. The van der Waals surface area contributed by atoms with Gasteiger partial charge in [-0.15, -0.1) is 0 Å². The van der Waals surface area contributed by atoms with Gasteiger partial charge in [0.2, 0.25) is 0 Å². The van der Waals surface area contributed by atoms with Crippen LogP contribution in [0.4, 0.5) is 0 Å². The molecule has 1 aliphatic rings. The standard InChI is InChI=1S/C27H25NO4.C4H11NO3/c29-27(30)13-8-20-7-11-24-23(16-20)21(9-6-19-4-2-1-3-5-19)18-28(24)22-10-12-25-26(17-22)32-15-14-31-25;5-4(1-6,2-7)3-8/h1-5,7,10-12,16-18H,6,8-9,13-15H2,(H,29,30);6-8H,1-3,5H2. The second-order valence-electron chi connectivity index (χ2n) is 9.92. The number of fused-ring (bicyclic) bond motifs is 2. The van der Waals surface area contributed by atoms with Gasteiger partial charge in [-0.2, -0.15) is 0 Å². The maximum Gasteiger partial charge on any atom is 0.303 e. The number of hydrogen-bond donors (Lipinski definition) is 5. The van der Waals surface area contributed by atoms with E-state index in [1.165, 1.54) is 16.5 Å². The van der Waals surface area contributed by atoms with Gasteiger partial charge in [-0.25, -0.2) is 0 Å². The van der Waals surface area contributed by atoms with Crippen LogP contribution in [0.3, 0.4) is 0 Å². The zero-order chi connectivity index (χ0) is 28.5. The summed E-state index contributed by atoms with van der Waals surface area (Å²) in [5.41, 5.74) is 9.64. The zero-order valence-corrected chi connectivity index (χ0v) is 22.3. The highest BCUT2D eigenvalue weighted by Crippen LogP contribution is 2.34. The van der Waals surface area contributed by atoms with E-state index in [4.69, 9.17) is 35.6 Å². The smallest absolute Gasteiger partial charge is 0.303 e. The van der Waals surface area contributed by atoms with Gasteiger partial charge in [0, 0.05) is 29.8 Å². The van der Waals surface area contributed by atoms with Crippen molar-refractivity contribution in [1.82, 2.24) is 4.57 Å². The first-order valence-corrected chi connectivity index (χ1v) is 13.3. The van der Waals surface area contributed by atoms with Crippen LogP contribution in [-0.2, 0) is 24.1 Å². The van der Waals surface area contributed by atoms with Gasteiger partial charge in [-0.3, -0.25) is 4.79 Å². The Balaban J connectivity index is 0.000000406. The van der Waals surface area contributed by atoms with E-state index < -0.39 is 31.3 Å². The van der Waals surface area contributed by atoms with Gasteiger partial charge in [0.25, 0.3) is 0 Å². The average molecular weight is 549 g/mol. The van der Waals surface area contributed by atoms with Crippen LogP contribution in [0.5, 0.6) is 11.5 Å². The Morgan fingerprint density at radius 2 is 1.52 bits per heavy atom. The summed E-state index contributed by atoms with van der Waals surface area (Å²) in [7, 11) is 0. The number of rotatable bonds is 10. The number of nitrogens with two attached hydrogens (primary N) is 1. The molecule has 9 nitrogen and oxygen atoms in total. The van der Waals surface area contributed by atoms with Gasteiger partial charge >= 0.3 is 5.97 Å². The predicted octanol–water partition coefficient (Wildman–Crippen LogP) is 2.86. The first kappa shape index (κ1) is 29.1. The summed E-state index contributed by atoms with van der Waals surface area (Å²) in [6.07, 6.45) is 4.70. The maximum atomic E-state index is 11.0. The molecule has 1 aromatic heterocycles. The van der Waals surface area contributed by atoms with Crippen molar-refractivity contribution in [3.05, 3.63) is 89.6 Å². The number of aromatic nitrogens is 1. The highest BCUT2D eigenvalue weighted by atomic mass is 16.6. The fourth-order valence-corrected chi connectivity index (χ4v) is 4.42. The van der Waals surface area contributed by atoms with Gasteiger partial charge < -0.3 is 40.2 Å². The van der Waals surface area contributed by atoms with Gasteiger partial charge in [-0.05, 0) is 60.2 Å². The first-order valence-electron chi connectivity index (χ1n) is 13.3. The molecule has 0 amide bonds. The molecule has 0 bridgehead atoms. The molecule has 0 saturated heterocycles. The zero-order valence-electron chi connectivity index (χ0n) is 22.3. The number of aliphatic hydroxyl groups excluding tert-OH is 3. The summed E-state index contributed by atoms with van der Waals surface area (Å²) in [6, 6.07) is 22.8. The lowest BCUT2D eigenvalue weighted by Crippen LogP contribution is -2.50. The number of carboxylic acids is 1. The molecule has 212 valence electrons. The summed E-state index contributed by atoms with van der Waals surface area (Å²) in [5.74, 6) is 0.763. The summed E-state index contributed by atoms with van der Waals surface area (Å²) < 4.78 is 13.7. The topological polar surface area (TPSA) is 147 Å². The van der Waals surface area contributed by atoms with Crippen LogP contribution in [0.15, 0.2) is 72.9 Å². The predicted molar refractivity (Wildman–Crippen MR) is 152 cm³/mol. The van der Waals surface area contributed by atoms with Crippen molar-refractivity contribution >= 4 is 16.9 Å². The lowest BCUT2D eigenvalue weighted by atomic mass is 10.0. The SMILES string of the molecule is NC(CO)(CO)CO.O=C(O)CCc1ccc2c(c1)c(CCc1ccccc1)cn2-c1ccc2c(c1)OCCO2. The molecule has 4 aromatic rings. The molecule has 3 aromatic carbocycles. The van der Waals surface area contributed by atoms with Crippen molar-refractivity contribution in [2.45, 2.75) is 31.2 Å². The van der Waals surface area contributed by atoms with E-state index in [9.17, 15) is 4.79 Å². The van der Waals surface area contributed by atoms with Crippen molar-refractivity contribution < 1.29 is 34.7 Å². The number of aryl methyl sites for hydroxylation is 3. The number of ether oxygens (including phenoxy) is 2. The second kappa shape index (κ2) is 13.5. The molecule has 0 radical (unpaired) electrons. The van der Waals surface area contributed by atoms with Crippen LogP contribution < -0.4 is 15.2 Å². The minimum absolute atomic E-state index is 0.133. The molecule has 0 unspecified atom stereocenters. The molecule has 5 rings (SSSR count). The molecule has 0 fully saturated rings. The number of nitrogens with zero attached hydrogens (tertiary/aromatic N) is 1. The Bertz CT molecular complexity index is 1410. The lowest BCUT2D eigenvalue weighted by molar-refractivity contribution is -0.136. The molecule has 6 N–H and O–H groups in total. The fourth-order valence-electron chi connectivity index (χ4n) is 4.42. The molecule has 0 spiro atoms. The maximum absolute atomic E-state index is 11.0. The van der Waals surface area contributed by atoms with Gasteiger partial charge in [0.1, 0.15) is 13.2 Å². The number of hydrogen-bond acceptors (Lipinski definition) is 7. The van der Waals surface area contributed by atoms with E-state index in [2.05, 4.69) is 47.2 Å². The molecule has 0 saturated carbocycles. The number of aliphatic hydroxyl groups is 3. The molecular formula is C31H36N2O7. The first-order chi connectivity index (χ1) is 19.4. The Hall–Kier alpha value is -3.89. The third-order valence-electron chi connectivity index (χ3n) is 6.85. The lowest BCUT2D eigenvalue weighted by Gasteiger charge is -2.20. The van der Waals surface area contributed by atoms with Crippen LogP contribution in [0, 0.1) is 0 Å². The molecule has 2 heterocycles. The molecule has 40 heavy (non-hydrogen) atoms. The average Bonchev–Trinajstić information content (AvgIpc) is 3.37. The van der Waals surface area contributed by atoms with E-state index in [1.807, 2.05) is 30.3 Å².